The third-order valence-electron chi connectivity index (χ3n) is 4.61. The Morgan fingerprint density at radius 3 is 2.31 bits per heavy atom. The Hall–Kier alpha value is -3.37. The van der Waals surface area contributed by atoms with Gasteiger partial charge in [-0.3, -0.25) is 20.3 Å². The van der Waals surface area contributed by atoms with Crippen LogP contribution in [-0.4, -0.2) is 25.8 Å². The molecule has 0 amide bonds. The lowest BCUT2D eigenvalue weighted by Gasteiger charge is -2.14. The van der Waals surface area contributed by atoms with Crippen molar-refractivity contribution < 1.29 is 13.3 Å². The third-order valence-corrected chi connectivity index (χ3v) is 6.76. The highest BCUT2D eigenvalue weighted by atomic mass is 32.2. The zero-order chi connectivity index (χ0) is 23.3. The van der Waals surface area contributed by atoms with Gasteiger partial charge in [-0.1, -0.05) is 29.8 Å². The Labute approximate surface area is 191 Å². The Balaban J connectivity index is 1.92. The number of hydrazone groups is 1. The summed E-state index contributed by atoms with van der Waals surface area (Å²) in [7, 11) is -4.13. The Kier molecular flexibility index (Phi) is 7.16. The van der Waals surface area contributed by atoms with Crippen LogP contribution in [-0.2, 0) is 10.0 Å². The highest BCUT2D eigenvalue weighted by Crippen LogP contribution is 2.29. The summed E-state index contributed by atoms with van der Waals surface area (Å²) in [4.78, 5) is 11.4. The third kappa shape index (κ3) is 5.65. The fourth-order valence-electron chi connectivity index (χ4n) is 2.93. The number of sulfonamides is 1. The molecule has 3 aromatic carbocycles. The number of hydrogen-bond donors (Lipinski definition) is 2. The van der Waals surface area contributed by atoms with E-state index < -0.39 is 14.9 Å². The Morgan fingerprint density at radius 2 is 1.69 bits per heavy atom. The number of thioether (sulfide) groups is 1. The number of anilines is 2. The van der Waals surface area contributed by atoms with Gasteiger partial charge >= 0.3 is 0 Å². The van der Waals surface area contributed by atoms with E-state index in [-0.39, 0.29) is 16.3 Å². The van der Waals surface area contributed by atoms with Crippen molar-refractivity contribution >= 4 is 45.1 Å². The monoisotopic (exact) mass is 470 g/mol. The molecule has 0 heterocycles. The summed E-state index contributed by atoms with van der Waals surface area (Å²) in [5.41, 5.74) is 5.40. The second-order valence-corrected chi connectivity index (χ2v) is 9.54. The number of aryl methyl sites for hydroxylation is 2. The van der Waals surface area contributed by atoms with Crippen LogP contribution < -0.4 is 10.1 Å². The first-order valence-electron chi connectivity index (χ1n) is 9.51. The van der Waals surface area contributed by atoms with Crippen LogP contribution in [0.5, 0.6) is 0 Å². The molecule has 32 heavy (non-hydrogen) atoms. The number of rotatable bonds is 8. The molecule has 10 heteroatoms. The van der Waals surface area contributed by atoms with Gasteiger partial charge in [-0.25, -0.2) is 8.42 Å². The summed E-state index contributed by atoms with van der Waals surface area (Å²) in [6.45, 7) is 3.69. The number of nitrogens with zero attached hydrogens (tertiary/aromatic N) is 2. The van der Waals surface area contributed by atoms with E-state index in [1.54, 1.807) is 37.0 Å². The molecule has 0 atom stereocenters. The SMILES string of the molecule is CSc1ccc(C=NNc2ccc([N+](=O)[O-])cc2S(=O)(=O)Nc2ccc(C)cc2C)cc1. The average molecular weight is 471 g/mol. The maximum Gasteiger partial charge on any atom is 0.270 e. The molecular weight excluding hydrogens is 448 g/mol. The summed E-state index contributed by atoms with van der Waals surface area (Å²) in [6, 6.07) is 16.5. The van der Waals surface area contributed by atoms with E-state index >= 15 is 0 Å². The number of nitro benzene ring substituents is 1. The van der Waals surface area contributed by atoms with Gasteiger partial charge in [-0.15, -0.1) is 11.8 Å². The van der Waals surface area contributed by atoms with Crippen molar-refractivity contribution in [3.05, 3.63) is 87.5 Å². The van der Waals surface area contributed by atoms with Crippen molar-refractivity contribution in [2.24, 2.45) is 5.10 Å². The van der Waals surface area contributed by atoms with Crippen molar-refractivity contribution in [3.8, 4) is 0 Å². The lowest BCUT2D eigenvalue weighted by molar-refractivity contribution is -0.385. The van der Waals surface area contributed by atoms with Crippen molar-refractivity contribution in [2.45, 2.75) is 23.6 Å². The highest BCUT2D eigenvalue weighted by Gasteiger charge is 2.23. The van der Waals surface area contributed by atoms with Gasteiger partial charge in [0.25, 0.3) is 15.7 Å². The molecule has 0 aliphatic heterocycles. The van der Waals surface area contributed by atoms with E-state index in [9.17, 15) is 18.5 Å². The Morgan fingerprint density at radius 1 is 1.00 bits per heavy atom. The van der Waals surface area contributed by atoms with E-state index in [0.29, 0.717) is 5.69 Å². The predicted molar refractivity (Wildman–Crippen MR) is 129 cm³/mol. The lowest BCUT2D eigenvalue weighted by atomic mass is 10.1. The average Bonchev–Trinajstić information content (AvgIpc) is 2.76. The second-order valence-electron chi connectivity index (χ2n) is 7.00. The molecule has 0 radical (unpaired) electrons. The van der Waals surface area contributed by atoms with Gasteiger partial charge < -0.3 is 0 Å². The van der Waals surface area contributed by atoms with Crippen LogP contribution in [0.2, 0.25) is 0 Å². The number of nitro groups is 1. The molecule has 0 unspecified atom stereocenters. The number of benzene rings is 3. The normalized spacial score (nSPS) is 11.5. The standard InChI is InChI=1S/C22H22N4O4S2/c1-15-4-10-20(16(2)12-15)25-32(29,30)22-13-18(26(27)28)7-11-21(22)24-23-14-17-5-8-19(31-3)9-6-17/h4-14,24-25H,1-3H3. The maximum atomic E-state index is 13.1. The van der Waals surface area contributed by atoms with Crippen LogP contribution in [0.15, 0.2) is 75.6 Å². The number of nitrogens with one attached hydrogen (secondary N) is 2. The zero-order valence-electron chi connectivity index (χ0n) is 17.7. The molecule has 0 spiro atoms. The van der Waals surface area contributed by atoms with Crippen molar-refractivity contribution in [1.29, 1.82) is 0 Å². The minimum absolute atomic E-state index is 0.116. The van der Waals surface area contributed by atoms with Crippen LogP contribution in [0.3, 0.4) is 0 Å². The molecular formula is C22H22N4O4S2. The van der Waals surface area contributed by atoms with E-state index in [2.05, 4.69) is 15.2 Å². The molecule has 0 aliphatic carbocycles. The van der Waals surface area contributed by atoms with Gasteiger partial charge in [0, 0.05) is 17.0 Å². The molecule has 0 aliphatic rings. The minimum atomic E-state index is -4.13. The summed E-state index contributed by atoms with van der Waals surface area (Å²) < 4.78 is 28.7. The van der Waals surface area contributed by atoms with Gasteiger partial charge in [0.1, 0.15) is 4.90 Å². The molecule has 0 bridgehead atoms. The van der Waals surface area contributed by atoms with Gasteiger partial charge in [0.05, 0.1) is 22.5 Å². The van der Waals surface area contributed by atoms with Crippen LogP contribution in [0.25, 0.3) is 0 Å². The summed E-state index contributed by atoms with van der Waals surface area (Å²) >= 11 is 1.62. The summed E-state index contributed by atoms with van der Waals surface area (Å²) in [5.74, 6) is 0. The van der Waals surface area contributed by atoms with E-state index in [0.717, 1.165) is 27.7 Å². The zero-order valence-corrected chi connectivity index (χ0v) is 19.3. The van der Waals surface area contributed by atoms with Crippen LogP contribution in [0.1, 0.15) is 16.7 Å². The summed E-state index contributed by atoms with van der Waals surface area (Å²) in [6.07, 6.45) is 3.52. The van der Waals surface area contributed by atoms with Crippen LogP contribution >= 0.6 is 11.8 Å². The maximum absolute atomic E-state index is 13.1. The van der Waals surface area contributed by atoms with Crippen LogP contribution in [0.4, 0.5) is 17.1 Å². The van der Waals surface area contributed by atoms with Gasteiger partial charge in [0.15, 0.2) is 0 Å². The lowest BCUT2D eigenvalue weighted by Crippen LogP contribution is -2.16. The van der Waals surface area contributed by atoms with Gasteiger partial charge in [0.2, 0.25) is 0 Å². The predicted octanol–water partition coefficient (Wildman–Crippen LogP) is 5.18. The number of non-ortho nitro benzene ring substituents is 1. The molecule has 3 rings (SSSR count). The molecule has 0 fully saturated rings. The van der Waals surface area contributed by atoms with Crippen molar-refractivity contribution in [1.82, 2.24) is 0 Å². The van der Waals surface area contributed by atoms with E-state index in [1.165, 1.54) is 12.1 Å². The molecule has 166 valence electrons. The first kappa shape index (κ1) is 23.3. The smallest absolute Gasteiger partial charge is 0.270 e. The van der Waals surface area contributed by atoms with E-state index in [1.807, 2.05) is 43.5 Å². The molecule has 2 N–H and O–H groups in total. The van der Waals surface area contributed by atoms with Crippen molar-refractivity contribution in [2.75, 3.05) is 16.4 Å². The second kappa shape index (κ2) is 9.84. The molecule has 0 saturated carbocycles. The van der Waals surface area contributed by atoms with Gasteiger partial charge in [-0.2, -0.15) is 5.10 Å². The quantitative estimate of drug-likeness (QED) is 0.203. The molecule has 0 aromatic heterocycles. The fraction of sp³-hybridized carbons (Fsp3) is 0.136. The highest BCUT2D eigenvalue weighted by molar-refractivity contribution is 7.98. The minimum Gasteiger partial charge on any atom is -0.279 e. The molecule has 8 nitrogen and oxygen atoms in total. The van der Waals surface area contributed by atoms with Gasteiger partial charge in [-0.05, 0) is 55.5 Å². The number of hydrogen-bond acceptors (Lipinski definition) is 7. The molecule has 3 aromatic rings. The topological polar surface area (TPSA) is 114 Å². The summed E-state index contributed by atoms with van der Waals surface area (Å²) in [5, 5.41) is 15.3. The van der Waals surface area contributed by atoms with Crippen LogP contribution in [0, 0.1) is 24.0 Å². The fourth-order valence-corrected chi connectivity index (χ4v) is 4.65. The van der Waals surface area contributed by atoms with Crippen molar-refractivity contribution in [3.63, 3.8) is 0 Å². The molecule has 0 saturated heterocycles. The van der Waals surface area contributed by atoms with E-state index in [4.69, 9.17) is 0 Å². The first-order valence-corrected chi connectivity index (χ1v) is 12.2. The Bertz CT molecular complexity index is 1270. The first-order chi connectivity index (χ1) is 15.2. The largest absolute Gasteiger partial charge is 0.279 e.